The van der Waals surface area contributed by atoms with Gasteiger partial charge in [-0.3, -0.25) is 4.79 Å². The number of fused-ring (bicyclic) bond motifs is 1. The Morgan fingerprint density at radius 3 is 2.73 bits per heavy atom. The Kier molecular flexibility index (Phi) is 3.37. The summed E-state index contributed by atoms with van der Waals surface area (Å²) in [4.78, 5) is 27.3. The molecule has 0 spiro atoms. The summed E-state index contributed by atoms with van der Waals surface area (Å²) in [7, 11) is 0. The molecule has 0 bridgehead atoms. The van der Waals surface area contributed by atoms with Gasteiger partial charge in [-0.25, -0.2) is 9.18 Å². The van der Waals surface area contributed by atoms with Crippen molar-refractivity contribution in [2.45, 2.75) is 6.92 Å². The standard InChI is InChI=1S/C13H10FN5O3/c1-2-22-12(21)10-11(20)16-13-18(17-10)7-15-19(13)9-5-3-8(14)4-6-9/h3-7H,2H2,1H3. The van der Waals surface area contributed by atoms with Crippen LogP contribution in [0.1, 0.15) is 17.4 Å². The highest BCUT2D eigenvalue weighted by Crippen LogP contribution is 2.10. The molecular formula is C13H10FN5O3. The molecule has 0 amide bonds. The van der Waals surface area contributed by atoms with Crippen LogP contribution in [0.5, 0.6) is 0 Å². The minimum absolute atomic E-state index is 0.102. The number of hydrogen-bond acceptors (Lipinski definition) is 6. The van der Waals surface area contributed by atoms with Gasteiger partial charge in [0, 0.05) is 0 Å². The normalized spacial score (nSPS) is 10.8. The average molecular weight is 303 g/mol. The van der Waals surface area contributed by atoms with Gasteiger partial charge >= 0.3 is 11.5 Å². The zero-order valence-corrected chi connectivity index (χ0v) is 11.4. The lowest BCUT2D eigenvalue weighted by molar-refractivity contribution is 0.0515. The fraction of sp³-hybridized carbons (Fsp3) is 0.154. The summed E-state index contributed by atoms with van der Waals surface area (Å²) in [6.07, 6.45) is 1.29. The molecule has 0 aliphatic rings. The molecule has 3 rings (SSSR count). The first-order valence-electron chi connectivity index (χ1n) is 6.38. The SMILES string of the molecule is CCOC(=O)c1nn2cnn(-c3ccc(F)cc3)c2nc1=O. The molecule has 22 heavy (non-hydrogen) atoms. The van der Waals surface area contributed by atoms with Gasteiger partial charge in [0.2, 0.25) is 5.69 Å². The first kappa shape index (κ1) is 13.9. The molecule has 0 saturated heterocycles. The molecule has 0 N–H and O–H groups in total. The minimum Gasteiger partial charge on any atom is -0.461 e. The Labute approximate surface area is 122 Å². The number of hydrogen-bond donors (Lipinski definition) is 0. The molecule has 3 aromatic rings. The Hall–Kier alpha value is -3.10. The summed E-state index contributed by atoms with van der Waals surface area (Å²) < 4.78 is 20.2. The third-order valence-electron chi connectivity index (χ3n) is 2.82. The van der Waals surface area contributed by atoms with Crippen molar-refractivity contribution in [3.63, 3.8) is 0 Å². The van der Waals surface area contributed by atoms with Crippen LogP contribution >= 0.6 is 0 Å². The number of nitrogens with zero attached hydrogens (tertiary/aromatic N) is 5. The number of halogens is 1. The Morgan fingerprint density at radius 1 is 1.32 bits per heavy atom. The fourth-order valence-electron chi connectivity index (χ4n) is 1.86. The van der Waals surface area contributed by atoms with Crippen molar-refractivity contribution in [2.75, 3.05) is 6.61 Å². The van der Waals surface area contributed by atoms with Crippen LogP contribution in [-0.4, -0.2) is 37.0 Å². The summed E-state index contributed by atoms with van der Waals surface area (Å²) >= 11 is 0. The van der Waals surface area contributed by atoms with Gasteiger partial charge in [-0.2, -0.15) is 24.4 Å². The van der Waals surface area contributed by atoms with Gasteiger partial charge in [0.05, 0.1) is 12.3 Å². The molecule has 1 aromatic carbocycles. The maximum atomic E-state index is 13.0. The van der Waals surface area contributed by atoms with E-state index in [0.29, 0.717) is 5.69 Å². The lowest BCUT2D eigenvalue weighted by Gasteiger charge is -2.02. The topological polar surface area (TPSA) is 91.4 Å². The van der Waals surface area contributed by atoms with Crippen molar-refractivity contribution >= 4 is 11.7 Å². The monoisotopic (exact) mass is 303 g/mol. The molecule has 2 heterocycles. The van der Waals surface area contributed by atoms with Gasteiger partial charge in [0.1, 0.15) is 12.1 Å². The first-order chi connectivity index (χ1) is 10.6. The van der Waals surface area contributed by atoms with Crippen molar-refractivity contribution < 1.29 is 13.9 Å². The molecule has 9 heteroatoms. The van der Waals surface area contributed by atoms with Crippen molar-refractivity contribution in [3.05, 3.63) is 52.5 Å². The Bertz CT molecular complexity index is 900. The number of esters is 1. The van der Waals surface area contributed by atoms with Crippen LogP contribution in [0.2, 0.25) is 0 Å². The highest BCUT2D eigenvalue weighted by molar-refractivity contribution is 5.86. The van der Waals surface area contributed by atoms with Crippen molar-refractivity contribution in [3.8, 4) is 5.69 Å². The van der Waals surface area contributed by atoms with Gasteiger partial charge in [-0.05, 0) is 31.2 Å². The van der Waals surface area contributed by atoms with Gasteiger partial charge in [0.25, 0.3) is 5.78 Å². The predicted octanol–water partition coefficient (Wildman–Crippen LogP) is 0.591. The molecule has 2 aromatic heterocycles. The molecular weight excluding hydrogens is 293 g/mol. The highest BCUT2D eigenvalue weighted by Gasteiger charge is 2.18. The van der Waals surface area contributed by atoms with Crippen molar-refractivity contribution in [2.24, 2.45) is 0 Å². The molecule has 0 saturated carbocycles. The van der Waals surface area contributed by atoms with Gasteiger partial charge < -0.3 is 4.74 Å². The van der Waals surface area contributed by atoms with E-state index in [9.17, 15) is 14.0 Å². The van der Waals surface area contributed by atoms with E-state index in [-0.39, 0.29) is 12.4 Å². The minimum atomic E-state index is -0.844. The highest BCUT2D eigenvalue weighted by atomic mass is 19.1. The van der Waals surface area contributed by atoms with Crippen LogP contribution in [0.15, 0.2) is 35.4 Å². The van der Waals surface area contributed by atoms with Crippen LogP contribution in [-0.2, 0) is 4.74 Å². The van der Waals surface area contributed by atoms with E-state index in [0.717, 1.165) is 0 Å². The van der Waals surface area contributed by atoms with E-state index < -0.39 is 23.0 Å². The zero-order chi connectivity index (χ0) is 15.7. The Morgan fingerprint density at radius 2 is 2.05 bits per heavy atom. The number of ether oxygens (including phenoxy) is 1. The summed E-state index contributed by atoms with van der Waals surface area (Å²) in [5.74, 6) is -1.14. The second kappa shape index (κ2) is 5.35. The second-order valence-corrected chi connectivity index (χ2v) is 4.25. The number of carbonyl (C=O) groups is 1. The van der Waals surface area contributed by atoms with E-state index in [1.807, 2.05) is 0 Å². The van der Waals surface area contributed by atoms with Crippen LogP contribution in [0, 0.1) is 5.82 Å². The zero-order valence-electron chi connectivity index (χ0n) is 11.4. The maximum Gasteiger partial charge on any atom is 0.364 e. The third kappa shape index (κ3) is 2.32. The van der Waals surface area contributed by atoms with E-state index in [4.69, 9.17) is 4.74 Å². The molecule has 8 nitrogen and oxygen atoms in total. The molecule has 112 valence electrons. The number of benzene rings is 1. The first-order valence-corrected chi connectivity index (χ1v) is 6.38. The quantitative estimate of drug-likeness (QED) is 0.658. The number of rotatable bonds is 3. The van der Waals surface area contributed by atoms with Gasteiger partial charge in [-0.1, -0.05) is 0 Å². The second-order valence-electron chi connectivity index (χ2n) is 4.25. The molecule has 0 aliphatic heterocycles. The van der Waals surface area contributed by atoms with Crippen LogP contribution in [0.3, 0.4) is 0 Å². The summed E-state index contributed by atoms with van der Waals surface area (Å²) in [5, 5.41) is 7.89. The Balaban J connectivity index is 2.13. The van der Waals surface area contributed by atoms with E-state index >= 15 is 0 Å². The average Bonchev–Trinajstić information content (AvgIpc) is 2.90. The smallest absolute Gasteiger partial charge is 0.364 e. The maximum absolute atomic E-state index is 13.0. The number of aromatic nitrogens is 5. The summed E-state index contributed by atoms with van der Waals surface area (Å²) in [6, 6.07) is 5.47. The van der Waals surface area contributed by atoms with Crippen LogP contribution < -0.4 is 5.56 Å². The molecule has 0 fully saturated rings. The van der Waals surface area contributed by atoms with Gasteiger partial charge in [0.15, 0.2) is 0 Å². The molecule has 0 unspecified atom stereocenters. The summed E-state index contributed by atoms with van der Waals surface area (Å²) in [6.45, 7) is 1.74. The lowest BCUT2D eigenvalue weighted by Crippen LogP contribution is -2.24. The predicted molar refractivity (Wildman–Crippen MR) is 72.3 cm³/mol. The van der Waals surface area contributed by atoms with E-state index in [1.54, 1.807) is 6.92 Å². The third-order valence-corrected chi connectivity index (χ3v) is 2.82. The van der Waals surface area contributed by atoms with Crippen molar-refractivity contribution in [1.29, 1.82) is 0 Å². The number of carbonyl (C=O) groups excluding carboxylic acids is 1. The lowest BCUT2D eigenvalue weighted by atomic mass is 10.3. The van der Waals surface area contributed by atoms with Crippen LogP contribution in [0.4, 0.5) is 4.39 Å². The largest absolute Gasteiger partial charge is 0.461 e. The van der Waals surface area contributed by atoms with E-state index in [2.05, 4.69) is 15.2 Å². The molecule has 0 atom stereocenters. The molecule has 0 radical (unpaired) electrons. The van der Waals surface area contributed by atoms with E-state index in [1.165, 1.54) is 39.8 Å². The van der Waals surface area contributed by atoms with Crippen LogP contribution in [0.25, 0.3) is 11.5 Å². The fourth-order valence-corrected chi connectivity index (χ4v) is 1.86. The summed E-state index contributed by atoms with van der Waals surface area (Å²) in [5.41, 5.74) is -0.734. The molecule has 0 aliphatic carbocycles. The van der Waals surface area contributed by atoms with Gasteiger partial charge in [-0.15, -0.1) is 0 Å². The van der Waals surface area contributed by atoms with Crippen molar-refractivity contribution in [1.82, 2.24) is 24.4 Å².